The van der Waals surface area contributed by atoms with E-state index < -0.39 is 5.60 Å². The number of hydrogen-bond acceptors (Lipinski definition) is 4. The molecule has 1 spiro atoms. The van der Waals surface area contributed by atoms with Gasteiger partial charge < -0.3 is 19.5 Å². The lowest BCUT2D eigenvalue weighted by Crippen LogP contribution is -2.54. The second kappa shape index (κ2) is 6.53. The predicted octanol–water partition coefficient (Wildman–Crippen LogP) is 2.20. The van der Waals surface area contributed by atoms with Crippen molar-refractivity contribution in [3.8, 4) is 0 Å². The first-order valence-electron chi connectivity index (χ1n) is 8.82. The molecule has 0 aromatic heterocycles. The maximum absolute atomic E-state index is 11.2. The highest BCUT2D eigenvalue weighted by Gasteiger charge is 2.47. The van der Waals surface area contributed by atoms with E-state index in [0.717, 1.165) is 71.4 Å². The molecule has 3 saturated heterocycles. The summed E-state index contributed by atoms with van der Waals surface area (Å²) in [6, 6.07) is 0. The fourth-order valence-electron chi connectivity index (χ4n) is 4.47. The van der Waals surface area contributed by atoms with Crippen molar-refractivity contribution in [3.63, 3.8) is 0 Å². The maximum Gasteiger partial charge on any atom is 0.0730 e. The van der Waals surface area contributed by atoms with Gasteiger partial charge in [-0.1, -0.05) is 6.92 Å². The first-order chi connectivity index (χ1) is 10.2. The van der Waals surface area contributed by atoms with E-state index in [-0.39, 0.29) is 5.60 Å². The summed E-state index contributed by atoms with van der Waals surface area (Å²) in [7, 11) is 0. The lowest BCUT2D eigenvalue weighted by atomic mass is 9.70. The molecule has 3 rings (SSSR count). The van der Waals surface area contributed by atoms with E-state index in [1.54, 1.807) is 0 Å². The Kier molecular flexibility index (Phi) is 4.89. The molecule has 0 aliphatic carbocycles. The molecule has 1 unspecified atom stereocenters. The standard InChI is InChI=1S/C17H31NO3/c1-2-8-18-9-4-17(19,5-10-18)15-3-11-21-16(14-15)6-12-20-13-7-16/h15,19H,2-14H2,1H3. The lowest BCUT2D eigenvalue weighted by molar-refractivity contribution is -0.182. The molecule has 3 aliphatic rings. The Balaban J connectivity index is 1.60. The van der Waals surface area contributed by atoms with Gasteiger partial charge in [0.1, 0.15) is 0 Å². The lowest BCUT2D eigenvalue weighted by Gasteiger charge is -2.50. The van der Waals surface area contributed by atoms with Crippen LogP contribution in [0.1, 0.15) is 51.9 Å². The molecule has 0 radical (unpaired) electrons. The zero-order valence-corrected chi connectivity index (χ0v) is 13.5. The molecule has 21 heavy (non-hydrogen) atoms. The highest BCUT2D eigenvalue weighted by molar-refractivity contribution is 4.98. The van der Waals surface area contributed by atoms with E-state index in [2.05, 4.69) is 11.8 Å². The van der Waals surface area contributed by atoms with Gasteiger partial charge >= 0.3 is 0 Å². The molecule has 4 nitrogen and oxygen atoms in total. The highest BCUT2D eigenvalue weighted by Crippen LogP contribution is 2.44. The van der Waals surface area contributed by atoms with Crippen LogP contribution in [0.25, 0.3) is 0 Å². The van der Waals surface area contributed by atoms with Gasteiger partial charge in [-0.25, -0.2) is 0 Å². The Hall–Kier alpha value is -0.160. The molecule has 0 aromatic carbocycles. The monoisotopic (exact) mass is 297 g/mol. The van der Waals surface area contributed by atoms with Crippen molar-refractivity contribution >= 4 is 0 Å². The van der Waals surface area contributed by atoms with Gasteiger partial charge in [0, 0.05) is 32.9 Å². The molecule has 4 heteroatoms. The van der Waals surface area contributed by atoms with Crippen molar-refractivity contribution < 1.29 is 14.6 Å². The second-order valence-electron chi connectivity index (χ2n) is 7.28. The molecule has 0 bridgehead atoms. The van der Waals surface area contributed by atoms with E-state index in [1.165, 1.54) is 13.0 Å². The molecule has 1 atom stereocenters. The van der Waals surface area contributed by atoms with Crippen LogP contribution in [-0.4, -0.2) is 60.7 Å². The first kappa shape index (κ1) is 15.7. The van der Waals surface area contributed by atoms with E-state index in [0.29, 0.717) is 5.92 Å². The summed E-state index contributed by atoms with van der Waals surface area (Å²) in [6.07, 6.45) is 7.13. The van der Waals surface area contributed by atoms with E-state index in [1.807, 2.05) is 0 Å². The number of hydrogen-bond donors (Lipinski definition) is 1. The zero-order chi connectivity index (χ0) is 14.8. The third-order valence-electron chi connectivity index (χ3n) is 5.92. The van der Waals surface area contributed by atoms with Gasteiger partial charge in [0.15, 0.2) is 0 Å². The minimum Gasteiger partial charge on any atom is -0.389 e. The van der Waals surface area contributed by atoms with Crippen molar-refractivity contribution in [2.75, 3.05) is 39.5 Å². The Bertz CT molecular complexity index is 327. The number of aliphatic hydroxyl groups is 1. The molecule has 3 heterocycles. The number of ether oxygens (including phenoxy) is 2. The van der Waals surface area contributed by atoms with Gasteiger partial charge in [0.2, 0.25) is 0 Å². The molecule has 1 N–H and O–H groups in total. The molecular formula is C17H31NO3. The number of piperidine rings is 1. The van der Waals surface area contributed by atoms with E-state index in [4.69, 9.17) is 9.47 Å². The maximum atomic E-state index is 11.2. The van der Waals surface area contributed by atoms with E-state index in [9.17, 15) is 5.11 Å². The third-order valence-corrected chi connectivity index (χ3v) is 5.92. The fourth-order valence-corrected chi connectivity index (χ4v) is 4.47. The SMILES string of the molecule is CCCN1CCC(O)(C2CCOC3(CCOCC3)C2)CC1. The Morgan fingerprint density at radius 1 is 1.10 bits per heavy atom. The topological polar surface area (TPSA) is 41.9 Å². The van der Waals surface area contributed by atoms with Crippen molar-refractivity contribution in [1.29, 1.82) is 0 Å². The van der Waals surface area contributed by atoms with Gasteiger partial charge in [-0.3, -0.25) is 0 Å². The van der Waals surface area contributed by atoms with Crippen LogP contribution in [0.4, 0.5) is 0 Å². The molecule has 3 aliphatic heterocycles. The zero-order valence-electron chi connectivity index (χ0n) is 13.5. The fraction of sp³-hybridized carbons (Fsp3) is 1.00. The van der Waals surface area contributed by atoms with Crippen LogP contribution >= 0.6 is 0 Å². The largest absolute Gasteiger partial charge is 0.389 e. The Labute approximate surface area is 128 Å². The van der Waals surface area contributed by atoms with Crippen LogP contribution in [0.5, 0.6) is 0 Å². The van der Waals surface area contributed by atoms with Gasteiger partial charge in [-0.15, -0.1) is 0 Å². The van der Waals surface area contributed by atoms with Gasteiger partial charge in [0.05, 0.1) is 11.2 Å². The smallest absolute Gasteiger partial charge is 0.0730 e. The molecular weight excluding hydrogens is 266 g/mol. The van der Waals surface area contributed by atoms with Crippen molar-refractivity contribution in [2.45, 2.75) is 63.1 Å². The highest BCUT2D eigenvalue weighted by atomic mass is 16.5. The molecule has 0 aromatic rings. The number of rotatable bonds is 3. The first-order valence-corrected chi connectivity index (χ1v) is 8.82. The minimum absolute atomic E-state index is 0.00253. The number of likely N-dealkylation sites (tertiary alicyclic amines) is 1. The third kappa shape index (κ3) is 3.44. The Morgan fingerprint density at radius 3 is 2.48 bits per heavy atom. The van der Waals surface area contributed by atoms with Gasteiger partial charge in [-0.2, -0.15) is 0 Å². The van der Waals surface area contributed by atoms with Gasteiger partial charge in [-0.05, 0) is 57.4 Å². The van der Waals surface area contributed by atoms with Crippen molar-refractivity contribution in [2.24, 2.45) is 5.92 Å². The summed E-state index contributed by atoms with van der Waals surface area (Å²) in [5.74, 6) is 0.410. The Morgan fingerprint density at radius 2 is 1.81 bits per heavy atom. The minimum atomic E-state index is -0.459. The van der Waals surface area contributed by atoms with Crippen LogP contribution in [0.2, 0.25) is 0 Å². The summed E-state index contributed by atoms with van der Waals surface area (Å²) >= 11 is 0. The summed E-state index contributed by atoms with van der Waals surface area (Å²) in [5, 5.41) is 11.2. The predicted molar refractivity (Wildman–Crippen MR) is 82.4 cm³/mol. The molecule has 0 saturated carbocycles. The average Bonchev–Trinajstić information content (AvgIpc) is 2.51. The van der Waals surface area contributed by atoms with E-state index >= 15 is 0 Å². The van der Waals surface area contributed by atoms with Crippen LogP contribution in [0.15, 0.2) is 0 Å². The molecule has 0 amide bonds. The van der Waals surface area contributed by atoms with Crippen LogP contribution in [-0.2, 0) is 9.47 Å². The summed E-state index contributed by atoms with van der Waals surface area (Å²) < 4.78 is 11.6. The molecule has 122 valence electrons. The quantitative estimate of drug-likeness (QED) is 0.867. The normalized spacial score (nSPS) is 33.1. The summed E-state index contributed by atoms with van der Waals surface area (Å²) in [5.41, 5.74) is -0.462. The molecule has 3 fully saturated rings. The summed E-state index contributed by atoms with van der Waals surface area (Å²) in [4.78, 5) is 2.50. The summed E-state index contributed by atoms with van der Waals surface area (Å²) in [6.45, 7) is 7.95. The van der Waals surface area contributed by atoms with Crippen LogP contribution in [0, 0.1) is 5.92 Å². The van der Waals surface area contributed by atoms with Crippen LogP contribution in [0.3, 0.4) is 0 Å². The average molecular weight is 297 g/mol. The van der Waals surface area contributed by atoms with Crippen LogP contribution < -0.4 is 0 Å². The van der Waals surface area contributed by atoms with Crippen molar-refractivity contribution in [3.05, 3.63) is 0 Å². The van der Waals surface area contributed by atoms with Crippen molar-refractivity contribution in [1.82, 2.24) is 4.90 Å². The second-order valence-corrected chi connectivity index (χ2v) is 7.28. The number of nitrogens with zero attached hydrogens (tertiary/aromatic N) is 1. The van der Waals surface area contributed by atoms with Gasteiger partial charge in [0.25, 0.3) is 0 Å².